The van der Waals surface area contributed by atoms with Crippen molar-refractivity contribution in [3.63, 3.8) is 0 Å². The maximum Gasteiger partial charge on any atom is 0.320 e. The van der Waals surface area contributed by atoms with Crippen LogP contribution in [-0.2, 0) is 11.3 Å². The molecule has 1 unspecified atom stereocenters. The molecule has 0 saturated carbocycles. The third kappa shape index (κ3) is 4.31. The molecule has 0 aliphatic carbocycles. The topological polar surface area (TPSA) is 75.4 Å². The molecular weight excluding hydrogens is 292 g/mol. The first kappa shape index (κ1) is 15.5. The summed E-state index contributed by atoms with van der Waals surface area (Å²) in [6.45, 7) is 2.23. The highest BCUT2D eigenvalue weighted by atomic mass is 35.5. The van der Waals surface area contributed by atoms with E-state index in [-0.39, 0.29) is 6.54 Å². The number of rotatable bonds is 7. The molecule has 2 aromatic rings. The number of hydrogen-bond donors (Lipinski definition) is 2. The van der Waals surface area contributed by atoms with E-state index in [4.69, 9.17) is 21.1 Å². The monoisotopic (exact) mass is 308 g/mol. The Morgan fingerprint density at radius 1 is 1.43 bits per heavy atom. The second kappa shape index (κ2) is 7.24. The predicted molar refractivity (Wildman–Crippen MR) is 80.1 cm³/mol. The van der Waals surface area contributed by atoms with E-state index in [2.05, 4.69) is 10.3 Å². The molecule has 112 valence electrons. The average molecular weight is 309 g/mol. The van der Waals surface area contributed by atoms with Crippen LogP contribution in [0.5, 0.6) is 0 Å². The second-order valence-electron chi connectivity index (χ2n) is 4.69. The lowest BCUT2D eigenvalue weighted by Crippen LogP contribution is -2.36. The molecule has 2 N–H and O–H groups in total. The van der Waals surface area contributed by atoms with E-state index in [9.17, 15) is 4.79 Å². The molecule has 0 radical (unpaired) electrons. The number of oxazole rings is 1. The van der Waals surface area contributed by atoms with E-state index in [0.29, 0.717) is 23.1 Å². The molecule has 1 aromatic heterocycles. The van der Waals surface area contributed by atoms with Gasteiger partial charge in [-0.15, -0.1) is 0 Å². The molecule has 0 saturated heterocycles. The number of halogens is 1. The molecule has 21 heavy (non-hydrogen) atoms. The van der Waals surface area contributed by atoms with E-state index < -0.39 is 12.0 Å². The van der Waals surface area contributed by atoms with E-state index in [0.717, 1.165) is 12.0 Å². The number of carbonyl (C=O) groups is 1. The molecule has 1 heterocycles. The molecule has 0 bridgehead atoms. The Morgan fingerprint density at radius 3 is 2.76 bits per heavy atom. The van der Waals surface area contributed by atoms with Crippen molar-refractivity contribution in [2.75, 3.05) is 0 Å². The van der Waals surface area contributed by atoms with Crippen LogP contribution in [0.2, 0.25) is 5.02 Å². The van der Waals surface area contributed by atoms with Crippen molar-refractivity contribution in [3.05, 3.63) is 41.4 Å². The van der Waals surface area contributed by atoms with Crippen LogP contribution in [-0.4, -0.2) is 22.1 Å². The highest BCUT2D eigenvalue weighted by Crippen LogP contribution is 2.22. The fourth-order valence-electron chi connectivity index (χ4n) is 1.95. The Hall–Kier alpha value is -1.85. The number of benzene rings is 1. The van der Waals surface area contributed by atoms with Gasteiger partial charge in [0.05, 0.1) is 12.7 Å². The summed E-state index contributed by atoms with van der Waals surface area (Å²) in [5.74, 6) is 0.231. The first-order valence-electron chi connectivity index (χ1n) is 6.77. The van der Waals surface area contributed by atoms with Gasteiger partial charge in [-0.2, -0.15) is 0 Å². The van der Waals surface area contributed by atoms with Gasteiger partial charge in [0.15, 0.2) is 5.76 Å². The summed E-state index contributed by atoms with van der Waals surface area (Å²) >= 11 is 5.84. The third-order valence-corrected chi connectivity index (χ3v) is 3.31. The van der Waals surface area contributed by atoms with Crippen LogP contribution in [0, 0.1) is 0 Å². The first-order chi connectivity index (χ1) is 10.1. The van der Waals surface area contributed by atoms with E-state index in [1.807, 2.05) is 19.1 Å². The largest absolute Gasteiger partial charge is 0.480 e. The lowest BCUT2D eigenvalue weighted by molar-refractivity contribution is -0.139. The van der Waals surface area contributed by atoms with Crippen LogP contribution >= 0.6 is 11.6 Å². The molecule has 2 rings (SSSR count). The lowest BCUT2D eigenvalue weighted by Gasteiger charge is -2.11. The minimum atomic E-state index is -0.860. The highest BCUT2D eigenvalue weighted by Gasteiger charge is 2.16. The van der Waals surface area contributed by atoms with Crippen LogP contribution < -0.4 is 5.32 Å². The maximum absolute atomic E-state index is 11.0. The first-order valence-corrected chi connectivity index (χ1v) is 7.14. The van der Waals surface area contributed by atoms with Gasteiger partial charge in [0, 0.05) is 10.6 Å². The highest BCUT2D eigenvalue weighted by molar-refractivity contribution is 6.30. The summed E-state index contributed by atoms with van der Waals surface area (Å²) in [5.41, 5.74) is 0.876. The van der Waals surface area contributed by atoms with E-state index >= 15 is 0 Å². The van der Waals surface area contributed by atoms with Gasteiger partial charge in [0.25, 0.3) is 0 Å². The van der Waals surface area contributed by atoms with Gasteiger partial charge in [-0.3, -0.25) is 10.1 Å². The molecule has 0 aliphatic heterocycles. The number of carboxylic acids is 1. The summed E-state index contributed by atoms with van der Waals surface area (Å²) in [7, 11) is 0. The molecule has 6 heteroatoms. The summed E-state index contributed by atoms with van der Waals surface area (Å²) in [6, 6.07) is 6.66. The van der Waals surface area contributed by atoms with Gasteiger partial charge in [0.1, 0.15) is 6.04 Å². The fourth-order valence-corrected chi connectivity index (χ4v) is 2.08. The van der Waals surface area contributed by atoms with Crippen molar-refractivity contribution in [1.82, 2.24) is 10.3 Å². The van der Waals surface area contributed by atoms with Gasteiger partial charge in [-0.1, -0.05) is 24.9 Å². The van der Waals surface area contributed by atoms with Gasteiger partial charge in [-0.05, 0) is 30.7 Å². The molecule has 1 aromatic carbocycles. The Bertz CT molecular complexity index is 595. The van der Waals surface area contributed by atoms with Gasteiger partial charge in [-0.25, -0.2) is 4.98 Å². The van der Waals surface area contributed by atoms with Crippen LogP contribution in [0.25, 0.3) is 11.3 Å². The van der Waals surface area contributed by atoms with Crippen LogP contribution in [0.1, 0.15) is 25.7 Å². The normalized spacial score (nSPS) is 12.3. The Kier molecular flexibility index (Phi) is 5.36. The Labute approximate surface area is 128 Å². The van der Waals surface area contributed by atoms with Crippen molar-refractivity contribution in [2.45, 2.75) is 32.4 Å². The number of aliphatic carboxylic acids is 1. The van der Waals surface area contributed by atoms with Crippen molar-refractivity contribution < 1.29 is 14.3 Å². The van der Waals surface area contributed by atoms with Crippen molar-refractivity contribution in [1.29, 1.82) is 0 Å². The molecule has 0 fully saturated rings. The summed E-state index contributed by atoms with van der Waals surface area (Å²) in [4.78, 5) is 15.2. The Balaban J connectivity index is 2.00. The fraction of sp³-hybridized carbons (Fsp3) is 0.333. The zero-order valence-electron chi connectivity index (χ0n) is 11.7. The minimum absolute atomic E-state index is 0.282. The quantitative estimate of drug-likeness (QED) is 0.820. The zero-order valence-corrected chi connectivity index (χ0v) is 12.4. The standard InChI is InChI=1S/C15H17ClN2O3/c1-2-3-12(15(19)20)17-9-14-18-8-13(21-14)10-4-6-11(16)7-5-10/h4-8,12,17H,2-3,9H2,1H3,(H,19,20). The van der Waals surface area contributed by atoms with Crippen LogP contribution in [0.3, 0.4) is 0 Å². The zero-order chi connectivity index (χ0) is 15.2. The summed E-state index contributed by atoms with van der Waals surface area (Å²) < 4.78 is 5.61. The number of nitrogens with zero attached hydrogens (tertiary/aromatic N) is 1. The molecule has 5 nitrogen and oxygen atoms in total. The lowest BCUT2D eigenvalue weighted by atomic mass is 10.2. The van der Waals surface area contributed by atoms with E-state index in [1.54, 1.807) is 18.3 Å². The number of carboxylic acid groups (broad SMARTS) is 1. The van der Waals surface area contributed by atoms with Crippen LogP contribution in [0.15, 0.2) is 34.9 Å². The molecule has 0 aliphatic rings. The summed E-state index contributed by atoms with van der Waals surface area (Å²) in [5, 5.41) is 12.7. The number of hydrogen-bond acceptors (Lipinski definition) is 4. The van der Waals surface area contributed by atoms with Gasteiger partial charge in [0.2, 0.25) is 5.89 Å². The molecular formula is C15H17ClN2O3. The SMILES string of the molecule is CCCC(NCc1ncc(-c2ccc(Cl)cc2)o1)C(=O)O. The van der Waals surface area contributed by atoms with Crippen LogP contribution in [0.4, 0.5) is 0 Å². The van der Waals surface area contributed by atoms with E-state index in [1.165, 1.54) is 0 Å². The minimum Gasteiger partial charge on any atom is -0.480 e. The molecule has 1 atom stereocenters. The maximum atomic E-state index is 11.0. The number of aromatic nitrogens is 1. The molecule has 0 spiro atoms. The van der Waals surface area contributed by atoms with Crippen molar-refractivity contribution >= 4 is 17.6 Å². The predicted octanol–water partition coefficient (Wildman–Crippen LogP) is 3.34. The Morgan fingerprint density at radius 2 is 2.14 bits per heavy atom. The average Bonchev–Trinajstić information content (AvgIpc) is 2.92. The van der Waals surface area contributed by atoms with Crippen molar-refractivity contribution in [2.24, 2.45) is 0 Å². The smallest absolute Gasteiger partial charge is 0.320 e. The second-order valence-corrected chi connectivity index (χ2v) is 5.12. The van der Waals surface area contributed by atoms with Crippen molar-refractivity contribution in [3.8, 4) is 11.3 Å². The summed E-state index contributed by atoms with van der Waals surface area (Å²) in [6.07, 6.45) is 2.99. The molecule has 0 amide bonds. The third-order valence-electron chi connectivity index (χ3n) is 3.06. The van der Waals surface area contributed by atoms with Gasteiger partial charge >= 0.3 is 5.97 Å². The van der Waals surface area contributed by atoms with Gasteiger partial charge < -0.3 is 9.52 Å². The number of nitrogens with one attached hydrogen (secondary N) is 1.